The highest BCUT2D eigenvalue weighted by atomic mass is 14.7. The molecule has 0 fully saturated rings. The fourth-order valence-corrected chi connectivity index (χ4v) is 7.78. The van der Waals surface area contributed by atoms with Crippen LogP contribution in [0.25, 0.3) is 55.9 Å². The zero-order valence-electron chi connectivity index (χ0n) is 26.9. The lowest BCUT2D eigenvalue weighted by Gasteiger charge is -2.34. The van der Waals surface area contributed by atoms with Crippen molar-refractivity contribution in [2.45, 2.75) is 5.41 Å². The molecular weight excluding hydrogens is 593 g/mol. The smallest absolute Gasteiger partial charge is 0.0713 e. The molecule has 230 valence electrons. The number of aromatic nitrogens is 2. The minimum Gasteiger partial charge on any atom is -0.256 e. The van der Waals surface area contributed by atoms with Gasteiger partial charge < -0.3 is 0 Å². The van der Waals surface area contributed by atoms with Crippen molar-refractivity contribution in [3.63, 3.8) is 0 Å². The molecule has 0 N–H and O–H groups in total. The van der Waals surface area contributed by atoms with Gasteiger partial charge in [0, 0.05) is 23.5 Å². The van der Waals surface area contributed by atoms with Gasteiger partial charge in [0.1, 0.15) is 0 Å². The molecule has 0 unspecified atom stereocenters. The van der Waals surface area contributed by atoms with Crippen molar-refractivity contribution in [2.24, 2.45) is 0 Å². The first kappa shape index (κ1) is 28.8. The van der Waals surface area contributed by atoms with E-state index in [0.717, 1.165) is 22.5 Å². The lowest BCUT2D eigenvalue weighted by atomic mass is 9.67. The summed E-state index contributed by atoms with van der Waals surface area (Å²) in [6.45, 7) is 0. The molecule has 0 spiro atoms. The van der Waals surface area contributed by atoms with Crippen molar-refractivity contribution in [3.05, 3.63) is 217 Å². The Bertz CT molecular complexity index is 2240. The molecule has 1 aliphatic carbocycles. The molecule has 8 aromatic rings. The van der Waals surface area contributed by atoms with E-state index >= 15 is 0 Å². The van der Waals surface area contributed by atoms with Gasteiger partial charge in [-0.1, -0.05) is 146 Å². The Morgan fingerprint density at radius 2 is 0.694 bits per heavy atom. The van der Waals surface area contributed by atoms with Crippen LogP contribution in [0.3, 0.4) is 0 Å². The quantitative estimate of drug-likeness (QED) is 0.184. The van der Waals surface area contributed by atoms with Crippen LogP contribution in [-0.4, -0.2) is 9.97 Å². The standard InChI is InChI=1S/C47H32N2/c1-3-15-35(16-4-1)47(36-17-5-2-6-18-36)43-31-33(37-19-7-9-21-41(37)45-23-11-13-29-48-45)25-27-39(43)40-28-26-34(32-44(40)47)38-20-8-10-22-42(38)46-24-12-14-30-49-46/h1-32H. The monoisotopic (exact) mass is 624 g/mol. The molecule has 2 aromatic heterocycles. The Hall–Kier alpha value is -6.38. The van der Waals surface area contributed by atoms with Gasteiger partial charge in [-0.15, -0.1) is 0 Å². The first-order valence-electron chi connectivity index (χ1n) is 16.7. The summed E-state index contributed by atoms with van der Waals surface area (Å²) in [6, 6.07) is 65.5. The van der Waals surface area contributed by atoms with Gasteiger partial charge in [0.2, 0.25) is 0 Å². The molecule has 0 saturated heterocycles. The minimum absolute atomic E-state index is 0.543. The highest BCUT2D eigenvalue weighted by Crippen LogP contribution is 2.57. The van der Waals surface area contributed by atoms with E-state index in [-0.39, 0.29) is 0 Å². The molecule has 9 rings (SSSR count). The molecule has 0 aliphatic heterocycles. The fourth-order valence-electron chi connectivity index (χ4n) is 7.78. The minimum atomic E-state index is -0.543. The van der Waals surface area contributed by atoms with Crippen molar-refractivity contribution in [1.82, 2.24) is 9.97 Å². The van der Waals surface area contributed by atoms with E-state index in [4.69, 9.17) is 9.97 Å². The summed E-state index contributed by atoms with van der Waals surface area (Å²) < 4.78 is 0. The van der Waals surface area contributed by atoms with E-state index in [0.29, 0.717) is 0 Å². The van der Waals surface area contributed by atoms with Gasteiger partial charge in [-0.05, 0) is 92.0 Å². The van der Waals surface area contributed by atoms with Crippen LogP contribution in [0.15, 0.2) is 194 Å². The lowest BCUT2D eigenvalue weighted by molar-refractivity contribution is 0.769. The molecule has 0 bridgehead atoms. The number of hydrogen-bond donors (Lipinski definition) is 0. The number of rotatable bonds is 6. The van der Waals surface area contributed by atoms with Gasteiger partial charge in [-0.2, -0.15) is 0 Å². The summed E-state index contributed by atoms with van der Waals surface area (Å²) in [7, 11) is 0. The zero-order valence-corrected chi connectivity index (χ0v) is 26.9. The van der Waals surface area contributed by atoms with Crippen molar-refractivity contribution >= 4 is 0 Å². The SMILES string of the molecule is c1ccc(C2(c3ccccc3)c3cc(-c4ccccc4-c4ccccn4)ccc3-c3ccc(-c4ccccc4-c4ccccn4)cc32)cc1. The Labute approximate surface area is 287 Å². The number of hydrogen-bond acceptors (Lipinski definition) is 2. The first-order chi connectivity index (χ1) is 24.3. The van der Waals surface area contributed by atoms with Crippen LogP contribution in [0.4, 0.5) is 0 Å². The lowest BCUT2D eigenvalue weighted by Crippen LogP contribution is -2.28. The third-order valence-corrected chi connectivity index (χ3v) is 9.91. The maximum Gasteiger partial charge on any atom is 0.0713 e. The van der Waals surface area contributed by atoms with Gasteiger partial charge in [0.05, 0.1) is 16.8 Å². The van der Waals surface area contributed by atoms with E-state index in [2.05, 4.69) is 170 Å². The summed E-state index contributed by atoms with van der Waals surface area (Å²) >= 11 is 0. The second kappa shape index (κ2) is 12.0. The third-order valence-electron chi connectivity index (χ3n) is 9.91. The van der Waals surface area contributed by atoms with Crippen molar-refractivity contribution in [1.29, 1.82) is 0 Å². The molecule has 6 aromatic carbocycles. The number of pyridine rings is 2. The van der Waals surface area contributed by atoms with Crippen LogP contribution < -0.4 is 0 Å². The fraction of sp³-hybridized carbons (Fsp3) is 0.0213. The highest BCUT2D eigenvalue weighted by Gasteiger charge is 2.46. The highest BCUT2D eigenvalue weighted by molar-refractivity contribution is 5.93. The summed E-state index contributed by atoms with van der Waals surface area (Å²) in [6.07, 6.45) is 3.73. The van der Waals surface area contributed by atoms with Gasteiger partial charge in [-0.3, -0.25) is 9.97 Å². The zero-order chi connectivity index (χ0) is 32.6. The summed E-state index contributed by atoms with van der Waals surface area (Å²) in [5.74, 6) is 0. The average molecular weight is 625 g/mol. The predicted molar refractivity (Wildman–Crippen MR) is 201 cm³/mol. The number of nitrogens with zero attached hydrogens (tertiary/aromatic N) is 2. The van der Waals surface area contributed by atoms with Crippen LogP contribution in [0.2, 0.25) is 0 Å². The Kier molecular flexibility index (Phi) is 7.06. The molecule has 0 amide bonds. The largest absolute Gasteiger partial charge is 0.256 e. The summed E-state index contributed by atoms with van der Waals surface area (Å²) in [5.41, 5.74) is 15.9. The Balaban J connectivity index is 1.33. The second-order valence-electron chi connectivity index (χ2n) is 12.5. The van der Waals surface area contributed by atoms with Crippen LogP contribution >= 0.6 is 0 Å². The number of fused-ring (bicyclic) bond motifs is 3. The van der Waals surface area contributed by atoms with Crippen LogP contribution in [0.1, 0.15) is 22.3 Å². The maximum atomic E-state index is 4.73. The Morgan fingerprint density at radius 1 is 0.306 bits per heavy atom. The van der Waals surface area contributed by atoms with Crippen LogP contribution in [0, 0.1) is 0 Å². The van der Waals surface area contributed by atoms with Gasteiger partial charge >= 0.3 is 0 Å². The molecular formula is C47H32N2. The normalized spacial score (nSPS) is 12.7. The topological polar surface area (TPSA) is 25.8 Å². The molecule has 0 saturated carbocycles. The maximum absolute atomic E-state index is 4.73. The van der Waals surface area contributed by atoms with Gasteiger partial charge in [0.15, 0.2) is 0 Å². The van der Waals surface area contributed by atoms with E-state index in [1.807, 2.05) is 24.5 Å². The van der Waals surface area contributed by atoms with E-state index in [1.165, 1.54) is 55.6 Å². The summed E-state index contributed by atoms with van der Waals surface area (Å²) in [4.78, 5) is 9.45. The molecule has 2 heteroatoms. The van der Waals surface area contributed by atoms with Gasteiger partial charge in [0.25, 0.3) is 0 Å². The second-order valence-corrected chi connectivity index (χ2v) is 12.5. The van der Waals surface area contributed by atoms with Gasteiger partial charge in [-0.25, -0.2) is 0 Å². The molecule has 2 nitrogen and oxygen atoms in total. The van der Waals surface area contributed by atoms with Crippen molar-refractivity contribution in [3.8, 4) is 55.9 Å². The van der Waals surface area contributed by atoms with E-state index in [9.17, 15) is 0 Å². The van der Waals surface area contributed by atoms with Crippen LogP contribution in [0.5, 0.6) is 0 Å². The third kappa shape index (κ3) is 4.72. The first-order valence-corrected chi connectivity index (χ1v) is 16.7. The predicted octanol–water partition coefficient (Wildman–Crippen LogP) is 11.5. The molecule has 0 atom stereocenters. The van der Waals surface area contributed by atoms with E-state index < -0.39 is 5.41 Å². The Morgan fingerprint density at radius 3 is 1.10 bits per heavy atom. The summed E-state index contributed by atoms with van der Waals surface area (Å²) in [5, 5.41) is 0. The van der Waals surface area contributed by atoms with Crippen LogP contribution in [-0.2, 0) is 5.41 Å². The molecule has 2 heterocycles. The molecule has 49 heavy (non-hydrogen) atoms. The van der Waals surface area contributed by atoms with Crippen molar-refractivity contribution in [2.75, 3.05) is 0 Å². The average Bonchev–Trinajstić information content (AvgIpc) is 3.49. The molecule has 0 radical (unpaired) electrons. The van der Waals surface area contributed by atoms with E-state index in [1.54, 1.807) is 0 Å². The molecule has 1 aliphatic rings. The van der Waals surface area contributed by atoms with Crippen molar-refractivity contribution < 1.29 is 0 Å². The number of benzene rings is 6.